The zero-order valence-corrected chi connectivity index (χ0v) is 24.1. The molecule has 1 aliphatic rings. The van der Waals surface area contributed by atoms with Crippen molar-refractivity contribution >= 4 is 38.4 Å². The maximum atomic E-state index is 13.5. The van der Waals surface area contributed by atoms with Gasteiger partial charge in [-0.1, -0.05) is 39.0 Å². The van der Waals surface area contributed by atoms with Crippen molar-refractivity contribution in [1.29, 1.82) is 0 Å². The number of likely N-dealkylation sites (tertiary alicyclic amines) is 1. The summed E-state index contributed by atoms with van der Waals surface area (Å²) in [6, 6.07) is 15.7. The second-order valence-corrected chi connectivity index (χ2v) is 14.2. The van der Waals surface area contributed by atoms with Crippen molar-refractivity contribution in [3.05, 3.63) is 70.3 Å². The molecule has 37 heavy (non-hydrogen) atoms. The van der Waals surface area contributed by atoms with Crippen molar-refractivity contribution in [2.75, 3.05) is 13.2 Å². The lowest BCUT2D eigenvalue weighted by Crippen LogP contribution is -2.64. The van der Waals surface area contributed by atoms with Crippen LogP contribution in [0.2, 0.25) is 13.1 Å². The lowest BCUT2D eigenvalue weighted by molar-refractivity contribution is -0.384. The third kappa shape index (κ3) is 7.89. The third-order valence-electron chi connectivity index (χ3n) is 6.45. The quantitative estimate of drug-likeness (QED) is 0.118. The van der Waals surface area contributed by atoms with Crippen LogP contribution >= 0.6 is 11.8 Å². The Morgan fingerprint density at radius 2 is 1.78 bits per heavy atom. The number of ether oxygens (including phenoxy) is 1. The van der Waals surface area contributed by atoms with Crippen LogP contribution in [-0.4, -0.2) is 49.3 Å². The van der Waals surface area contributed by atoms with E-state index in [2.05, 4.69) is 33.9 Å². The zero-order chi connectivity index (χ0) is 27.2. The molecule has 1 amide bonds. The van der Waals surface area contributed by atoms with Crippen LogP contribution in [0, 0.1) is 27.4 Å². The first kappa shape index (κ1) is 28.9. The largest absolute Gasteiger partial charge is 0.459 e. The Labute approximate surface area is 224 Å². The Morgan fingerprint density at radius 1 is 1.14 bits per heavy atom. The molecule has 8 nitrogen and oxygen atoms in total. The van der Waals surface area contributed by atoms with Crippen LogP contribution in [-0.2, 0) is 25.4 Å². The summed E-state index contributed by atoms with van der Waals surface area (Å²) in [5.41, 5.74) is 0.506. The summed E-state index contributed by atoms with van der Waals surface area (Å²) in [6.45, 7) is 11.2. The van der Waals surface area contributed by atoms with Crippen molar-refractivity contribution in [3.63, 3.8) is 0 Å². The lowest BCUT2D eigenvalue weighted by Gasteiger charge is -2.52. The molecule has 2 aromatic rings. The Kier molecular flexibility index (Phi) is 9.91. The van der Waals surface area contributed by atoms with Crippen LogP contribution in [0.15, 0.2) is 59.5 Å². The Bertz CT molecular complexity index is 1070. The molecular weight excluding hydrogens is 508 g/mol. The number of thioether (sulfide) groups is 1. The standard InChI is InChI=1S/C27H36N2O6SSi/c1-27(2,3)22(15-16-35-37(4)5)24-25(31)28(26(24)36-21-9-7-6-8-10-21)17-23(30)34-18-19-11-13-20(14-12-19)29(32)33/h6-14,22,24,26,37H,15-18H2,1-5H3/t22-,24+,26-/m0/s1. The Morgan fingerprint density at radius 3 is 2.35 bits per heavy atom. The molecule has 0 bridgehead atoms. The number of β-lactam (4-membered cyclic amide) rings is 1. The number of hydrogen-bond acceptors (Lipinski definition) is 7. The topological polar surface area (TPSA) is 99.0 Å². The molecule has 0 aromatic heterocycles. The summed E-state index contributed by atoms with van der Waals surface area (Å²) in [4.78, 5) is 39.2. The molecule has 3 rings (SSSR count). The molecule has 0 unspecified atom stereocenters. The van der Waals surface area contributed by atoms with Gasteiger partial charge in [0.25, 0.3) is 5.69 Å². The highest BCUT2D eigenvalue weighted by atomic mass is 32.2. The molecule has 0 N–H and O–H groups in total. The molecule has 0 radical (unpaired) electrons. The summed E-state index contributed by atoms with van der Waals surface area (Å²) in [7, 11) is -1.16. The number of benzene rings is 2. The lowest BCUT2D eigenvalue weighted by atomic mass is 9.68. The van der Waals surface area contributed by atoms with Gasteiger partial charge in [-0.25, -0.2) is 0 Å². The SMILES string of the molecule is C[SiH](C)OCC[C@@H]([C@@H]1C(=O)N(CC(=O)OCc2ccc([N+](=O)[O-])cc2)[C@H]1Sc1ccccc1)C(C)(C)C. The minimum absolute atomic E-state index is 0.0141. The number of carbonyl (C=O) groups excluding carboxylic acids is 2. The zero-order valence-electron chi connectivity index (χ0n) is 22.1. The summed E-state index contributed by atoms with van der Waals surface area (Å²) in [6.07, 6.45) is 0.787. The van der Waals surface area contributed by atoms with Crippen LogP contribution in [0.4, 0.5) is 5.69 Å². The maximum Gasteiger partial charge on any atom is 0.326 e. The van der Waals surface area contributed by atoms with Crippen LogP contribution < -0.4 is 0 Å². The number of esters is 1. The van der Waals surface area contributed by atoms with E-state index in [1.807, 2.05) is 30.3 Å². The van der Waals surface area contributed by atoms with Crippen molar-refractivity contribution < 1.29 is 23.7 Å². The fourth-order valence-electron chi connectivity index (χ4n) is 4.51. The van der Waals surface area contributed by atoms with E-state index in [4.69, 9.17) is 9.16 Å². The van der Waals surface area contributed by atoms with Gasteiger partial charge in [0.05, 0.1) is 16.2 Å². The van der Waals surface area contributed by atoms with Gasteiger partial charge in [0.15, 0.2) is 9.04 Å². The number of non-ortho nitro benzene ring substituents is 1. The second-order valence-electron chi connectivity index (χ2n) is 10.6. The minimum atomic E-state index is -1.16. The van der Waals surface area contributed by atoms with Gasteiger partial charge < -0.3 is 14.1 Å². The number of nitro benzene ring substituents is 1. The van der Waals surface area contributed by atoms with E-state index in [9.17, 15) is 19.7 Å². The highest BCUT2D eigenvalue weighted by Gasteiger charge is 2.54. The van der Waals surface area contributed by atoms with Gasteiger partial charge in [-0.3, -0.25) is 19.7 Å². The molecule has 1 saturated heterocycles. The van der Waals surface area contributed by atoms with Gasteiger partial charge >= 0.3 is 5.97 Å². The van der Waals surface area contributed by atoms with E-state index >= 15 is 0 Å². The molecule has 1 aliphatic heterocycles. The van der Waals surface area contributed by atoms with E-state index in [1.165, 1.54) is 12.1 Å². The molecular formula is C27H36N2O6SSi. The maximum absolute atomic E-state index is 13.5. The van der Waals surface area contributed by atoms with Crippen molar-refractivity contribution in [2.45, 2.75) is 57.2 Å². The van der Waals surface area contributed by atoms with E-state index in [1.54, 1.807) is 28.8 Å². The molecule has 0 aliphatic carbocycles. The molecule has 0 spiro atoms. The van der Waals surface area contributed by atoms with E-state index in [0.717, 1.165) is 11.3 Å². The third-order valence-corrected chi connectivity index (χ3v) is 8.69. The van der Waals surface area contributed by atoms with Gasteiger partial charge in [0, 0.05) is 23.6 Å². The van der Waals surface area contributed by atoms with Crippen LogP contribution in [0.3, 0.4) is 0 Å². The first-order valence-electron chi connectivity index (χ1n) is 12.5. The first-order chi connectivity index (χ1) is 17.5. The molecule has 200 valence electrons. The summed E-state index contributed by atoms with van der Waals surface area (Å²) in [5, 5.41) is 10.6. The van der Waals surface area contributed by atoms with Crippen LogP contribution in [0.25, 0.3) is 0 Å². The monoisotopic (exact) mass is 544 g/mol. The van der Waals surface area contributed by atoms with Crippen molar-refractivity contribution in [1.82, 2.24) is 4.90 Å². The van der Waals surface area contributed by atoms with Gasteiger partial charge in [-0.05, 0) is 60.7 Å². The smallest absolute Gasteiger partial charge is 0.326 e. The fraction of sp³-hybridized carbons (Fsp3) is 0.481. The van der Waals surface area contributed by atoms with E-state index in [0.29, 0.717) is 12.2 Å². The number of amides is 1. The number of hydrogen-bond donors (Lipinski definition) is 0. The number of rotatable bonds is 12. The van der Waals surface area contributed by atoms with Crippen molar-refractivity contribution in [2.24, 2.45) is 17.3 Å². The molecule has 1 heterocycles. The van der Waals surface area contributed by atoms with Crippen LogP contribution in [0.5, 0.6) is 0 Å². The second kappa shape index (κ2) is 12.7. The number of nitrogens with zero attached hydrogens (tertiary/aromatic N) is 2. The predicted molar refractivity (Wildman–Crippen MR) is 147 cm³/mol. The predicted octanol–water partition coefficient (Wildman–Crippen LogP) is 5.27. The molecule has 3 atom stereocenters. The Balaban J connectivity index is 1.71. The highest BCUT2D eigenvalue weighted by molar-refractivity contribution is 8.00. The normalized spacial score (nSPS) is 18.4. The van der Waals surface area contributed by atoms with E-state index < -0.39 is 19.9 Å². The first-order valence-corrected chi connectivity index (χ1v) is 16.2. The molecule has 10 heteroatoms. The van der Waals surface area contributed by atoms with Gasteiger partial charge in [-0.15, -0.1) is 11.8 Å². The summed E-state index contributed by atoms with van der Waals surface area (Å²) >= 11 is 1.60. The summed E-state index contributed by atoms with van der Waals surface area (Å²) < 4.78 is 11.4. The minimum Gasteiger partial charge on any atom is -0.459 e. The van der Waals surface area contributed by atoms with Gasteiger partial charge in [-0.2, -0.15) is 0 Å². The van der Waals surface area contributed by atoms with Gasteiger partial charge in [0.1, 0.15) is 13.2 Å². The van der Waals surface area contributed by atoms with Crippen molar-refractivity contribution in [3.8, 4) is 0 Å². The Hall–Kier alpha value is -2.69. The van der Waals surface area contributed by atoms with Crippen LogP contribution in [0.1, 0.15) is 32.8 Å². The van der Waals surface area contributed by atoms with E-state index in [-0.39, 0.29) is 47.4 Å². The average Bonchev–Trinajstić information content (AvgIpc) is 2.85. The van der Waals surface area contributed by atoms with Gasteiger partial charge in [0.2, 0.25) is 5.91 Å². The average molecular weight is 545 g/mol. The fourth-order valence-corrected chi connectivity index (χ4v) is 6.47. The molecule has 1 fully saturated rings. The number of nitro groups is 1. The molecule has 0 saturated carbocycles. The molecule has 2 aromatic carbocycles. The summed E-state index contributed by atoms with van der Waals surface area (Å²) in [5.74, 6) is -0.681. The number of carbonyl (C=O) groups is 2. The highest BCUT2D eigenvalue weighted by Crippen LogP contribution is 2.48.